The molecule has 248 valence electrons. The van der Waals surface area contributed by atoms with Gasteiger partial charge in [-0.3, -0.25) is 19.2 Å². The Kier molecular flexibility index (Phi) is 11.2. The number of methoxy groups -OCH3 is 2. The summed E-state index contributed by atoms with van der Waals surface area (Å²) in [6.45, 7) is 11.6. The van der Waals surface area contributed by atoms with Crippen LogP contribution in [-0.2, 0) is 41.5 Å². The largest absolute Gasteiger partial charge is 0.469 e. The highest BCUT2D eigenvalue weighted by Gasteiger charge is 2.24. The van der Waals surface area contributed by atoms with E-state index >= 15 is 0 Å². The molecule has 0 atom stereocenters. The standard InChI is InChI=1S/C37H44N4O6/c1-9-24-22(5)36(44)40-32(24)18-30-20(3)26(14-16-34(42)46-7)28(38-30)12-11-13-29-27(15-17-35(43)47-8)21(4)31(39-29)19-33-25(10-2)23(6)37(45)41-33/h11-13,18-19,38-39H,9-10,14-17H2,1-8H3,(H,40,44)/b12-11+,29-13-,31-19-,32-18?. The summed E-state index contributed by atoms with van der Waals surface area (Å²) in [5.74, 6) is -0.914. The van der Waals surface area contributed by atoms with Crippen LogP contribution in [-0.4, -0.2) is 53.7 Å². The van der Waals surface area contributed by atoms with Crippen LogP contribution in [0.5, 0.6) is 0 Å². The minimum atomic E-state index is -0.302. The van der Waals surface area contributed by atoms with Crippen LogP contribution < -0.4 is 16.0 Å². The molecule has 0 saturated heterocycles. The highest BCUT2D eigenvalue weighted by atomic mass is 16.5. The van der Waals surface area contributed by atoms with Gasteiger partial charge in [-0.1, -0.05) is 19.9 Å². The maximum atomic E-state index is 12.4. The smallest absolute Gasteiger partial charge is 0.305 e. The molecule has 0 radical (unpaired) electrons. The Labute approximate surface area is 275 Å². The number of carbonyl (C=O) groups is 4. The third-order valence-corrected chi connectivity index (χ3v) is 8.99. The summed E-state index contributed by atoms with van der Waals surface area (Å²) >= 11 is 0. The van der Waals surface area contributed by atoms with Gasteiger partial charge < -0.3 is 24.8 Å². The average molecular weight is 641 g/mol. The van der Waals surface area contributed by atoms with Crippen molar-refractivity contribution < 1.29 is 28.7 Å². The van der Waals surface area contributed by atoms with Crippen molar-refractivity contribution in [1.29, 1.82) is 0 Å². The molecule has 0 spiro atoms. The summed E-state index contributed by atoms with van der Waals surface area (Å²) in [5, 5.41) is 4.60. The van der Waals surface area contributed by atoms with Crippen LogP contribution in [0.25, 0.3) is 24.3 Å². The van der Waals surface area contributed by atoms with Gasteiger partial charge in [0.25, 0.3) is 11.8 Å². The number of hydrogen-bond acceptors (Lipinski definition) is 6. The SMILES string of the molecule is CCC1=C(C)C(=O)NC1=Cc1[nH]c(/C=C/C=c2\[nH]/c(=C\C3=NC(=O)C(C)=C3CC)c(C)c2CCC(=O)OC)c(CCC(=O)OC)c1C. The van der Waals surface area contributed by atoms with Crippen LogP contribution in [0.3, 0.4) is 0 Å². The van der Waals surface area contributed by atoms with E-state index in [0.29, 0.717) is 36.1 Å². The lowest BCUT2D eigenvalue weighted by molar-refractivity contribution is -0.141. The van der Waals surface area contributed by atoms with Gasteiger partial charge in [-0.05, 0) is 111 Å². The molecule has 3 N–H and O–H groups in total. The normalized spacial score (nSPS) is 16.8. The minimum Gasteiger partial charge on any atom is -0.469 e. The van der Waals surface area contributed by atoms with Crippen LogP contribution in [0.15, 0.2) is 39.1 Å². The lowest BCUT2D eigenvalue weighted by atomic mass is 10.0. The lowest BCUT2D eigenvalue weighted by Gasteiger charge is -2.04. The van der Waals surface area contributed by atoms with Crippen molar-refractivity contribution in [1.82, 2.24) is 15.3 Å². The number of aromatic amines is 2. The summed E-state index contributed by atoms with van der Waals surface area (Å²) in [6.07, 6.45) is 12.4. The molecule has 0 saturated carbocycles. The Balaban J connectivity index is 1.79. The molecule has 0 aliphatic carbocycles. The number of allylic oxidation sites excluding steroid dienone is 3. The van der Waals surface area contributed by atoms with Crippen LogP contribution in [0.4, 0.5) is 0 Å². The van der Waals surface area contributed by atoms with Crippen molar-refractivity contribution in [3.63, 3.8) is 0 Å². The first-order chi connectivity index (χ1) is 22.4. The summed E-state index contributed by atoms with van der Waals surface area (Å²) in [6, 6.07) is 0. The minimum absolute atomic E-state index is 0.0949. The second-order valence-corrected chi connectivity index (χ2v) is 11.7. The highest BCUT2D eigenvalue weighted by molar-refractivity contribution is 6.30. The molecule has 2 aromatic rings. The number of aliphatic imine (C=N–C) groups is 1. The van der Waals surface area contributed by atoms with E-state index in [1.54, 1.807) is 6.92 Å². The number of amides is 2. The molecule has 0 fully saturated rings. The molecule has 2 aromatic heterocycles. The van der Waals surface area contributed by atoms with Gasteiger partial charge in [-0.25, -0.2) is 4.99 Å². The fourth-order valence-electron chi connectivity index (χ4n) is 6.11. The Bertz CT molecular complexity index is 1910. The number of aromatic nitrogens is 2. The maximum absolute atomic E-state index is 12.4. The van der Waals surface area contributed by atoms with Crippen molar-refractivity contribution in [2.75, 3.05) is 14.2 Å². The average Bonchev–Trinajstić information content (AvgIpc) is 3.70. The van der Waals surface area contributed by atoms with Crippen molar-refractivity contribution >= 4 is 53.8 Å². The zero-order valence-electron chi connectivity index (χ0n) is 28.5. The van der Waals surface area contributed by atoms with Gasteiger partial charge in [0.05, 0.1) is 19.9 Å². The zero-order chi connectivity index (χ0) is 34.4. The number of hydrogen-bond donors (Lipinski definition) is 3. The van der Waals surface area contributed by atoms with Gasteiger partial charge in [-0.2, -0.15) is 0 Å². The van der Waals surface area contributed by atoms with E-state index in [1.807, 2.05) is 65.0 Å². The monoisotopic (exact) mass is 640 g/mol. The topological polar surface area (TPSA) is 143 Å². The van der Waals surface area contributed by atoms with E-state index in [-0.39, 0.29) is 36.6 Å². The number of nitrogens with zero attached hydrogens (tertiary/aromatic N) is 1. The van der Waals surface area contributed by atoms with Crippen LogP contribution in [0, 0.1) is 13.8 Å². The molecule has 0 bridgehead atoms. The van der Waals surface area contributed by atoms with Crippen molar-refractivity contribution in [3.8, 4) is 0 Å². The van der Waals surface area contributed by atoms with E-state index in [1.165, 1.54) is 14.2 Å². The molecular formula is C37H44N4O6. The van der Waals surface area contributed by atoms with E-state index in [2.05, 4.69) is 20.3 Å². The quantitative estimate of drug-likeness (QED) is 0.295. The molecule has 0 aromatic carbocycles. The fourth-order valence-corrected chi connectivity index (χ4v) is 6.11. The zero-order valence-corrected chi connectivity index (χ0v) is 28.5. The molecule has 47 heavy (non-hydrogen) atoms. The van der Waals surface area contributed by atoms with Gasteiger partial charge in [-0.15, -0.1) is 0 Å². The van der Waals surface area contributed by atoms with Crippen molar-refractivity contribution in [3.05, 3.63) is 78.4 Å². The number of nitrogens with one attached hydrogen (secondary N) is 3. The van der Waals surface area contributed by atoms with Gasteiger partial charge in [0.1, 0.15) is 0 Å². The fraction of sp³-hybridized carbons (Fsp3) is 0.378. The van der Waals surface area contributed by atoms with Crippen molar-refractivity contribution in [2.24, 2.45) is 4.99 Å². The highest BCUT2D eigenvalue weighted by Crippen LogP contribution is 2.29. The maximum Gasteiger partial charge on any atom is 0.305 e. The number of carbonyl (C=O) groups excluding carboxylic acids is 4. The molecule has 10 nitrogen and oxygen atoms in total. The van der Waals surface area contributed by atoms with E-state index in [4.69, 9.17) is 9.47 Å². The first kappa shape index (κ1) is 34.9. The number of H-pyrrole nitrogens is 2. The van der Waals surface area contributed by atoms with Gasteiger partial charge >= 0.3 is 11.9 Å². The van der Waals surface area contributed by atoms with E-state index in [0.717, 1.165) is 67.6 Å². The second-order valence-electron chi connectivity index (χ2n) is 11.7. The van der Waals surface area contributed by atoms with Crippen LogP contribution in [0.2, 0.25) is 0 Å². The molecule has 0 unspecified atom stereocenters. The molecule has 4 rings (SSSR count). The summed E-state index contributed by atoms with van der Waals surface area (Å²) in [7, 11) is 2.75. The molecule has 10 heteroatoms. The molecule has 4 heterocycles. The molecular weight excluding hydrogens is 596 g/mol. The first-order valence-corrected chi connectivity index (χ1v) is 15.9. The summed E-state index contributed by atoms with van der Waals surface area (Å²) in [4.78, 5) is 60.0. The summed E-state index contributed by atoms with van der Waals surface area (Å²) in [5.41, 5.74) is 10.2. The van der Waals surface area contributed by atoms with Gasteiger partial charge in [0, 0.05) is 51.8 Å². The summed E-state index contributed by atoms with van der Waals surface area (Å²) < 4.78 is 9.79. The number of esters is 2. The van der Waals surface area contributed by atoms with E-state index in [9.17, 15) is 19.2 Å². The van der Waals surface area contributed by atoms with Gasteiger partial charge in [0.15, 0.2) is 0 Å². The third-order valence-electron chi connectivity index (χ3n) is 8.99. The predicted octanol–water partition coefficient (Wildman–Crippen LogP) is 4.35. The third kappa shape index (κ3) is 7.53. The van der Waals surface area contributed by atoms with E-state index < -0.39 is 0 Å². The Morgan fingerprint density at radius 3 is 2.02 bits per heavy atom. The molecule has 2 amide bonds. The Hall–Kier alpha value is -4.99. The predicted molar refractivity (Wildman–Crippen MR) is 183 cm³/mol. The number of ether oxygens (including phenoxy) is 2. The first-order valence-electron chi connectivity index (χ1n) is 15.9. The van der Waals surface area contributed by atoms with Crippen LogP contribution >= 0.6 is 0 Å². The van der Waals surface area contributed by atoms with Crippen LogP contribution in [0.1, 0.15) is 87.0 Å². The Morgan fingerprint density at radius 2 is 1.40 bits per heavy atom. The molecule has 2 aliphatic heterocycles. The van der Waals surface area contributed by atoms with Gasteiger partial charge in [0.2, 0.25) is 0 Å². The lowest BCUT2D eigenvalue weighted by Crippen LogP contribution is -2.15. The molecule has 2 aliphatic rings. The number of rotatable bonds is 12. The second kappa shape index (κ2) is 15.1. The van der Waals surface area contributed by atoms with Crippen molar-refractivity contribution in [2.45, 2.75) is 80.1 Å². The Morgan fingerprint density at radius 1 is 0.766 bits per heavy atom.